The maximum Gasteiger partial charge on any atom is 0.282 e. The van der Waals surface area contributed by atoms with Crippen molar-refractivity contribution in [3.63, 3.8) is 0 Å². The van der Waals surface area contributed by atoms with Crippen LogP contribution in [0.3, 0.4) is 0 Å². The van der Waals surface area contributed by atoms with Gasteiger partial charge in [-0.3, -0.25) is 29.4 Å². The van der Waals surface area contributed by atoms with E-state index in [0.717, 1.165) is 16.0 Å². The molecular formula is C24H19N3O5. The Labute approximate surface area is 183 Å². The van der Waals surface area contributed by atoms with E-state index in [1.807, 2.05) is 49.4 Å². The summed E-state index contributed by atoms with van der Waals surface area (Å²) in [5, 5.41) is 11.3. The number of imide groups is 1. The number of nitro groups is 1. The highest BCUT2D eigenvalue weighted by molar-refractivity contribution is 6.24. The van der Waals surface area contributed by atoms with Gasteiger partial charge < -0.3 is 4.90 Å². The molecule has 3 aromatic carbocycles. The lowest BCUT2D eigenvalue weighted by atomic mass is 10.1. The third-order valence-corrected chi connectivity index (χ3v) is 5.30. The maximum atomic E-state index is 13.3. The SMILES string of the molecule is Cc1ccc(N(Cc2ccccc2)C(=O)CN2C(=O)c3cccc([N+](=O)[O-])c3C2=O)cc1. The predicted molar refractivity (Wildman–Crippen MR) is 117 cm³/mol. The average Bonchev–Trinajstić information content (AvgIpc) is 3.03. The number of rotatable bonds is 6. The molecule has 1 aliphatic heterocycles. The minimum Gasteiger partial charge on any atom is -0.306 e. The Morgan fingerprint density at radius 1 is 0.938 bits per heavy atom. The van der Waals surface area contributed by atoms with Crippen LogP contribution < -0.4 is 4.90 Å². The average molecular weight is 429 g/mol. The summed E-state index contributed by atoms with van der Waals surface area (Å²) in [7, 11) is 0. The van der Waals surface area contributed by atoms with Crippen molar-refractivity contribution in [1.29, 1.82) is 0 Å². The van der Waals surface area contributed by atoms with E-state index in [2.05, 4.69) is 0 Å². The van der Waals surface area contributed by atoms with Crippen molar-refractivity contribution < 1.29 is 19.3 Å². The molecule has 4 rings (SSSR count). The van der Waals surface area contributed by atoms with Crippen LogP contribution in [-0.2, 0) is 11.3 Å². The zero-order chi connectivity index (χ0) is 22.8. The van der Waals surface area contributed by atoms with Crippen LogP contribution in [0.4, 0.5) is 11.4 Å². The van der Waals surface area contributed by atoms with Crippen LogP contribution in [0.5, 0.6) is 0 Å². The molecule has 3 aromatic rings. The molecule has 0 radical (unpaired) electrons. The second kappa shape index (κ2) is 8.43. The summed E-state index contributed by atoms with van der Waals surface area (Å²) in [5.74, 6) is -2.03. The van der Waals surface area contributed by atoms with E-state index in [9.17, 15) is 24.5 Å². The molecule has 0 saturated heterocycles. The summed E-state index contributed by atoms with van der Waals surface area (Å²) < 4.78 is 0. The van der Waals surface area contributed by atoms with E-state index in [1.165, 1.54) is 23.1 Å². The van der Waals surface area contributed by atoms with Crippen LogP contribution in [0, 0.1) is 17.0 Å². The van der Waals surface area contributed by atoms with Crippen molar-refractivity contribution in [2.24, 2.45) is 0 Å². The van der Waals surface area contributed by atoms with Crippen LogP contribution in [0.15, 0.2) is 72.8 Å². The highest BCUT2D eigenvalue weighted by Crippen LogP contribution is 2.31. The number of nitrogens with zero attached hydrogens (tertiary/aromatic N) is 3. The topological polar surface area (TPSA) is 101 Å². The van der Waals surface area contributed by atoms with E-state index in [0.29, 0.717) is 5.69 Å². The number of carbonyl (C=O) groups is 3. The zero-order valence-electron chi connectivity index (χ0n) is 17.2. The number of fused-ring (bicyclic) bond motifs is 1. The fraction of sp³-hybridized carbons (Fsp3) is 0.125. The van der Waals surface area contributed by atoms with Crippen molar-refractivity contribution in [2.75, 3.05) is 11.4 Å². The Morgan fingerprint density at radius 3 is 2.28 bits per heavy atom. The van der Waals surface area contributed by atoms with Crippen LogP contribution in [0.25, 0.3) is 0 Å². The van der Waals surface area contributed by atoms with Crippen LogP contribution in [0.2, 0.25) is 0 Å². The van der Waals surface area contributed by atoms with Gasteiger partial charge in [0.25, 0.3) is 17.5 Å². The molecule has 8 nitrogen and oxygen atoms in total. The normalized spacial score (nSPS) is 12.6. The summed E-state index contributed by atoms with van der Waals surface area (Å²) in [4.78, 5) is 51.8. The first-order valence-corrected chi connectivity index (χ1v) is 9.91. The molecule has 0 saturated carbocycles. The van der Waals surface area contributed by atoms with Gasteiger partial charge in [0, 0.05) is 11.8 Å². The van der Waals surface area contributed by atoms with Gasteiger partial charge in [-0.15, -0.1) is 0 Å². The van der Waals surface area contributed by atoms with Gasteiger partial charge in [-0.1, -0.05) is 54.1 Å². The first-order valence-electron chi connectivity index (χ1n) is 9.91. The lowest BCUT2D eigenvalue weighted by Crippen LogP contribution is -2.42. The van der Waals surface area contributed by atoms with E-state index >= 15 is 0 Å². The molecule has 160 valence electrons. The number of hydrogen-bond acceptors (Lipinski definition) is 5. The summed E-state index contributed by atoms with van der Waals surface area (Å²) in [6.45, 7) is 1.65. The molecule has 0 aliphatic carbocycles. The smallest absolute Gasteiger partial charge is 0.282 e. The Bertz CT molecular complexity index is 1220. The van der Waals surface area contributed by atoms with Crippen molar-refractivity contribution in [3.05, 3.63) is 105 Å². The molecule has 0 spiro atoms. The van der Waals surface area contributed by atoms with Gasteiger partial charge in [-0.25, -0.2) is 0 Å². The Hall–Kier alpha value is -4.33. The molecule has 0 atom stereocenters. The minimum atomic E-state index is -0.839. The second-order valence-electron chi connectivity index (χ2n) is 7.45. The Kier molecular flexibility index (Phi) is 5.51. The quantitative estimate of drug-likeness (QED) is 0.338. The number of carbonyl (C=O) groups excluding carboxylic acids is 3. The minimum absolute atomic E-state index is 0.0676. The highest BCUT2D eigenvalue weighted by atomic mass is 16.6. The number of aryl methyl sites for hydroxylation is 1. The van der Waals surface area contributed by atoms with Crippen LogP contribution >= 0.6 is 0 Å². The van der Waals surface area contributed by atoms with Crippen LogP contribution in [-0.4, -0.2) is 34.1 Å². The monoisotopic (exact) mass is 429 g/mol. The fourth-order valence-electron chi connectivity index (χ4n) is 3.65. The molecule has 0 unspecified atom stereocenters. The van der Waals surface area contributed by atoms with E-state index in [-0.39, 0.29) is 17.7 Å². The summed E-state index contributed by atoms with van der Waals surface area (Å²) in [6.07, 6.45) is 0. The first-order chi connectivity index (χ1) is 15.4. The van der Waals surface area contributed by atoms with Gasteiger partial charge in [0.2, 0.25) is 5.91 Å². The van der Waals surface area contributed by atoms with Gasteiger partial charge in [0.1, 0.15) is 12.1 Å². The van der Waals surface area contributed by atoms with Gasteiger partial charge in [-0.2, -0.15) is 0 Å². The Balaban J connectivity index is 1.64. The summed E-state index contributed by atoms with van der Waals surface area (Å²) >= 11 is 0. The third-order valence-electron chi connectivity index (χ3n) is 5.30. The molecular weight excluding hydrogens is 410 g/mol. The molecule has 1 heterocycles. The van der Waals surface area contributed by atoms with Gasteiger partial charge in [0.15, 0.2) is 0 Å². The number of hydrogen-bond donors (Lipinski definition) is 0. The third kappa shape index (κ3) is 3.85. The molecule has 32 heavy (non-hydrogen) atoms. The molecule has 1 aliphatic rings. The van der Waals surface area contributed by atoms with Crippen molar-refractivity contribution in [2.45, 2.75) is 13.5 Å². The zero-order valence-corrected chi connectivity index (χ0v) is 17.2. The first kappa shape index (κ1) is 20.9. The van der Waals surface area contributed by atoms with Crippen LogP contribution in [0.1, 0.15) is 31.8 Å². The molecule has 0 N–H and O–H groups in total. The van der Waals surface area contributed by atoms with Crippen molar-refractivity contribution >= 4 is 29.1 Å². The number of benzene rings is 3. The van der Waals surface area contributed by atoms with E-state index < -0.39 is 34.9 Å². The molecule has 0 aromatic heterocycles. The van der Waals surface area contributed by atoms with Gasteiger partial charge in [0.05, 0.1) is 17.0 Å². The largest absolute Gasteiger partial charge is 0.306 e. The number of amides is 3. The summed E-state index contributed by atoms with van der Waals surface area (Å²) in [5.41, 5.74) is 1.72. The predicted octanol–water partition coefficient (Wildman–Crippen LogP) is 3.73. The molecule has 8 heteroatoms. The van der Waals surface area contributed by atoms with E-state index in [1.54, 1.807) is 12.1 Å². The number of nitro benzene ring substituents is 1. The molecule has 0 bridgehead atoms. The van der Waals surface area contributed by atoms with Crippen molar-refractivity contribution in [1.82, 2.24) is 4.90 Å². The lowest BCUT2D eigenvalue weighted by Gasteiger charge is -2.25. The number of anilines is 1. The second-order valence-corrected chi connectivity index (χ2v) is 7.45. The Morgan fingerprint density at radius 2 is 1.62 bits per heavy atom. The fourth-order valence-corrected chi connectivity index (χ4v) is 3.65. The standard InChI is InChI=1S/C24H19N3O5/c1-16-10-12-18(13-11-16)25(14-17-6-3-2-4-7-17)21(28)15-26-23(29)19-8-5-9-20(27(31)32)22(19)24(26)30/h2-13H,14-15H2,1H3. The van der Waals surface area contributed by atoms with E-state index in [4.69, 9.17) is 0 Å². The highest BCUT2D eigenvalue weighted by Gasteiger charge is 2.42. The van der Waals surface area contributed by atoms with Crippen molar-refractivity contribution in [3.8, 4) is 0 Å². The summed E-state index contributed by atoms with van der Waals surface area (Å²) in [6, 6.07) is 20.5. The van der Waals surface area contributed by atoms with Gasteiger partial charge >= 0.3 is 0 Å². The van der Waals surface area contributed by atoms with Gasteiger partial charge in [-0.05, 0) is 30.7 Å². The molecule has 3 amide bonds. The maximum absolute atomic E-state index is 13.3. The lowest BCUT2D eigenvalue weighted by molar-refractivity contribution is -0.385. The molecule has 0 fully saturated rings.